The van der Waals surface area contributed by atoms with Crippen molar-refractivity contribution in [2.75, 3.05) is 6.61 Å². The summed E-state index contributed by atoms with van der Waals surface area (Å²) in [5, 5.41) is 12.1. The molecule has 0 aromatic heterocycles. The molecular formula is C22H29NO4. The maximum absolute atomic E-state index is 12.8. The maximum atomic E-state index is 12.8. The number of nitrogens with one attached hydrogen (secondary N) is 1. The molecule has 4 fully saturated rings. The molecule has 0 spiro atoms. The Morgan fingerprint density at radius 2 is 1.81 bits per heavy atom. The zero-order valence-corrected chi connectivity index (χ0v) is 15.9. The predicted octanol–water partition coefficient (Wildman–Crippen LogP) is 3.27. The first-order chi connectivity index (χ1) is 13.0. The van der Waals surface area contributed by atoms with Gasteiger partial charge in [-0.2, -0.15) is 0 Å². The molecule has 4 saturated carbocycles. The fourth-order valence-corrected chi connectivity index (χ4v) is 5.82. The number of carbonyl (C=O) groups is 2. The molecule has 2 N–H and O–H groups in total. The fraction of sp³-hybridized carbons (Fsp3) is 0.636. The average molecular weight is 371 g/mol. The number of amides is 1. The van der Waals surface area contributed by atoms with Gasteiger partial charge in [-0.15, -0.1) is 0 Å². The highest BCUT2D eigenvalue weighted by atomic mass is 16.5. The lowest BCUT2D eigenvalue weighted by Gasteiger charge is -2.54. The number of carbonyl (C=O) groups excluding carboxylic acids is 1. The summed E-state index contributed by atoms with van der Waals surface area (Å²) in [4.78, 5) is 23.5. The Balaban J connectivity index is 1.33. The zero-order valence-electron chi connectivity index (χ0n) is 15.9. The van der Waals surface area contributed by atoms with Crippen molar-refractivity contribution in [2.24, 2.45) is 29.6 Å². The molecule has 4 bridgehead atoms. The van der Waals surface area contributed by atoms with Crippen molar-refractivity contribution in [3.05, 3.63) is 29.8 Å². The zero-order chi connectivity index (χ0) is 19.0. The van der Waals surface area contributed by atoms with Gasteiger partial charge >= 0.3 is 5.97 Å². The summed E-state index contributed by atoms with van der Waals surface area (Å²) in [7, 11) is 0. The van der Waals surface area contributed by atoms with Crippen LogP contribution in [-0.2, 0) is 16.0 Å². The van der Waals surface area contributed by atoms with Gasteiger partial charge in [0, 0.05) is 12.0 Å². The lowest BCUT2D eigenvalue weighted by Crippen LogP contribution is -2.56. The van der Waals surface area contributed by atoms with Crippen LogP contribution in [0.15, 0.2) is 24.3 Å². The molecule has 5 heteroatoms. The van der Waals surface area contributed by atoms with Gasteiger partial charge in [0.25, 0.3) is 0 Å². The third-order valence-electron chi connectivity index (χ3n) is 6.79. The molecule has 1 amide bonds. The molecule has 5 nitrogen and oxygen atoms in total. The molecule has 5 rings (SSSR count). The Morgan fingerprint density at radius 3 is 2.44 bits per heavy atom. The number of ether oxygens (including phenoxy) is 1. The van der Waals surface area contributed by atoms with Gasteiger partial charge in [-0.3, -0.25) is 4.79 Å². The molecule has 0 saturated heterocycles. The fourth-order valence-electron chi connectivity index (χ4n) is 5.82. The van der Waals surface area contributed by atoms with Crippen molar-refractivity contribution >= 4 is 11.9 Å². The molecule has 4 aliphatic carbocycles. The lowest BCUT2D eigenvalue weighted by molar-refractivity contribution is -0.139. The minimum Gasteiger partial charge on any atom is -0.482 e. The minimum absolute atomic E-state index is 0.114. The van der Waals surface area contributed by atoms with E-state index in [9.17, 15) is 9.59 Å². The van der Waals surface area contributed by atoms with Gasteiger partial charge in [0.15, 0.2) is 6.61 Å². The van der Waals surface area contributed by atoms with Crippen LogP contribution >= 0.6 is 0 Å². The third-order valence-corrected chi connectivity index (χ3v) is 6.79. The Kier molecular flexibility index (Phi) is 5.11. The normalized spacial score (nSPS) is 32.1. The van der Waals surface area contributed by atoms with Gasteiger partial charge in [-0.1, -0.05) is 19.1 Å². The summed E-state index contributed by atoms with van der Waals surface area (Å²) in [6, 6.07) is 7.74. The molecular weight excluding hydrogens is 342 g/mol. The molecule has 146 valence electrons. The van der Waals surface area contributed by atoms with E-state index in [0.29, 0.717) is 30.0 Å². The number of carboxylic acid groups (broad SMARTS) is 1. The van der Waals surface area contributed by atoms with Crippen LogP contribution in [0, 0.1) is 29.6 Å². The van der Waals surface area contributed by atoms with Crippen molar-refractivity contribution in [2.45, 2.75) is 51.5 Å². The number of hydrogen-bond acceptors (Lipinski definition) is 3. The minimum atomic E-state index is -0.996. The first kappa shape index (κ1) is 18.3. The molecule has 0 radical (unpaired) electrons. The number of carboxylic acids is 1. The monoisotopic (exact) mass is 371 g/mol. The summed E-state index contributed by atoms with van der Waals surface area (Å²) in [6.07, 6.45) is 7.25. The molecule has 0 heterocycles. The Bertz CT molecular complexity index is 688. The van der Waals surface area contributed by atoms with Gasteiger partial charge in [-0.05, 0) is 79.9 Å². The average Bonchev–Trinajstić information content (AvgIpc) is 2.62. The summed E-state index contributed by atoms with van der Waals surface area (Å²) in [5.41, 5.74) is 0.991. The van der Waals surface area contributed by atoms with Crippen LogP contribution in [-0.4, -0.2) is 29.6 Å². The SMILES string of the molecule is CC(Cc1cccc(OCC(=O)O)c1)C(=O)NC1C2CC3CC(C2)CC1C3. The summed E-state index contributed by atoms with van der Waals surface area (Å²) in [5.74, 6) is 2.75. The van der Waals surface area contributed by atoms with Crippen molar-refractivity contribution in [3.63, 3.8) is 0 Å². The third kappa shape index (κ3) is 4.12. The second kappa shape index (κ2) is 7.53. The van der Waals surface area contributed by atoms with Crippen LogP contribution < -0.4 is 10.1 Å². The second-order valence-corrected chi connectivity index (χ2v) is 8.90. The van der Waals surface area contributed by atoms with E-state index in [-0.39, 0.29) is 18.4 Å². The van der Waals surface area contributed by atoms with Gasteiger partial charge in [0.2, 0.25) is 5.91 Å². The summed E-state index contributed by atoms with van der Waals surface area (Å²) in [6.45, 7) is 1.61. The molecule has 1 aromatic carbocycles. The van der Waals surface area contributed by atoms with E-state index in [4.69, 9.17) is 9.84 Å². The maximum Gasteiger partial charge on any atom is 0.341 e. The van der Waals surface area contributed by atoms with E-state index in [2.05, 4.69) is 5.32 Å². The molecule has 1 atom stereocenters. The number of rotatable bonds is 7. The van der Waals surface area contributed by atoms with Gasteiger partial charge in [-0.25, -0.2) is 4.79 Å². The van der Waals surface area contributed by atoms with Crippen LogP contribution in [0.25, 0.3) is 0 Å². The van der Waals surface area contributed by atoms with Gasteiger partial charge in [0.05, 0.1) is 0 Å². The molecule has 0 aliphatic heterocycles. The van der Waals surface area contributed by atoms with Crippen LogP contribution in [0.3, 0.4) is 0 Å². The van der Waals surface area contributed by atoms with Crippen LogP contribution in [0.2, 0.25) is 0 Å². The van der Waals surface area contributed by atoms with Crippen molar-refractivity contribution in [1.82, 2.24) is 5.32 Å². The quantitative estimate of drug-likeness (QED) is 0.771. The van der Waals surface area contributed by atoms with Crippen LogP contribution in [0.4, 0.5) is 0 Å². The highest BCUT2D eigenvalue weighted by Gasteiger charge is 2.48. The van der Waals surface area contributed by atoms with Crippen molar-refractivity contribution in [3.8, 4) is 5.75 Å². The van der Waals surface area contributed by atoms with Crippen LogP contribution in [0.5, 0.6) is 5.75 Å². The van der Waals surface area contributed by atoms with E-state index in [1.54, 1.807) is 6.07 Å². The first-order valence-electron chi connectivity index (χ1n) is 10.2. The van der Waals surface area contributed by atoms with E-state index < -0.39 is 5.97 Å². The topological polar surface area (TPSA) is 75.6 Å². The highest BCUT2D eigenvalue weighted by molar-refractivity contribution is 5.79. The summed E-state index contributed by atoms with van der Waals surface area (Å²) >= 11 is 0. The van der Waals surface area contributed by atoms with Gasteiger partial charge in [0.1, 0.15) is 5.75 Å². The van der Waals surface area contributed by atoms with E-state index in [1.165, 1.54) is 32.1 Å². The first-order valence-corrected chi connectivity index (χ1v) is 10.2. The van der Waals surface area contributed by atoms with E-state index in [0.717, 1.165) is 17.4 Å². The Morgan fingerprint density at radius 1 is 1.15 bits per heavy atom. The Hall–Kier alpha value is -2.04. The summed E-state index contributed by atoms with van der Waals surface area (Å²) < 4.78 is 5.24. The van der Waals surface area contributed by atoms with E-state index in [1.807, 2.05) is 25.1 Å². The Labute approximate surface area is 160 Å². The predicted molar refractivity (Wildman–Crippen MR) is 101 cm³/mol. The largest absolute Gasteiger partial charge is 0.482 e. The second-order valence-electron chi connectivity index (χ2n) is 8.90. The standard InChI is InChI=1S/C22H29NO4/c1-13(5-14-3-2-4-19(11-14)27-12-20(24)25)22(26)23-21-17-7-15-6-16(9-17)10-18(21)8-15/h2-4,11,13,15-18,21H,5-10,12H2,1H3,(H,23,26)(H,24,25). The van der Waals surface area contributed by atoms with E-state index >= 15 is 0 Å². The number of aliphatic carboxylic acids is 1. The molecule has 4 aliphatic rings. The smallest absolute Gasteiger partial charge is 0.341 e. The molecule has 1 unspecified atom stereocenters. The number of hydrogen-bond donors (Lipinski definition) is 2. The molecule has 27 heavy (non-hydrogen) atoms. The van der Waals surface area contributed by atoms with Crippen molar-refractivity contribution < 1.29 is 19.4 Å². The molecule has 1 aromatic rings. The lowest BCUT2D eigenvalue weighted by atomic mass is 9.54. The number of benzene rings is 1. The highest BCUT2D eigenvalue weighted by Crippen LogP contribution is 2.53. The van der Waals surface area contributed by atoms with Crippen molar-refractivity contribution in [1.29, 1.82) is 0 Å². The van der Waals surface area contributed by atoms with Crippen LogP contribution in [0.1, 0.15) is 44.6 Å². The van der Waals surface area contributed by atoms with Gasteiger partial charge < -0.3 is 15.2 Å².